The predicted molar refractivity (Wildman–Crippen MR) is 87.7 cm³/mol. The number of fused-ring (bicyclic) bond motifs is 3. The molecule has 1 amide bonds. The molecular weight excluding hydrogens is 324 g/mol. The van der Waals surface area contributed by atoms with E-state index in [-0.39, 0.29) is 18.1 Å². The van der Waals surface area contributed by atoms with Crippen LogP contribution < -0.4 is 9.47 Å². The number of hydrogen-bond donors (Lipinski definition) is 0. The predicted octanol–water partition coefficient (Wildman–Crippen LogP) is 1.28. The molecule has 25 heavy (non-hydrogen) atoms. The zero-order valence-corrected chi connectivity index (χ0v) is 14.2. The van der Waals surface area contributed by atoms with Crippen LogP contribution in [0, 0.1) is 0 Å². The van der Waals surface area contributed by atoms with E-state index in [1.54, 1.807) is 38.6 Å². The van der Waals surface area contributed by atoms with Crippen molar-refractivity contribution in [2.24, 2.45) is 0 Å². The third kappa shape index (κ3) is 2.72. The fourth-order valence-corrected chi connectivity index (χ4v) is 3.51. The van der Waals surface area contributed by atoms with Crippen LogP contribution in [-0.2, 0) is 11.3 Å². The van der Waals surface area contributed by atoms with E-state index in [1.807, 2.05) is 9.58 Å². The van der Waals surface area contributed by atoms with Gasteiger partial charge in [0, 0.05) is 19.2 Å². The van der Waals surface area contributed by atoms with Crippen LogP contribution in [0.1, 0.15) is 28.5 Å². The Bertz CT molecular complexity index is 791. The molecule has 0 saturated carbocycles. The third-order valence-corrected chi connectivity index (χ3v) is 4.85. The SMILES string of the molecule is COc1ccc(C(=O)N2CC[C@@H]3OCc4cnnn4[C@@H]3C2)c(OC)c1. The first-order valence-electron chi connectivity index (χ1n) is 8.23. The Morgan fingerprint density at radius 3 is 3.00 bits per heavy atom. The van der Waals surface area contributed by atoms with Crippen molar-refractivity contribution in [1.29, 1.82) is 0 Å². The summed E-state index contributed by atoms with van der Waals surface area (Å²) in [6, 6.07) is 5.22. The second kappa shape index (κ2) is 6.36. The Morgan fingerprint density at radius 2 is 2.20 bits per heavy atom. The van der Waals surface area contributed by atoms with Crippen molar-refractivity contribution < 1.29 is 19.0 Å². The highest BCUT2D eigenvalue weighted by atomic mass is 16.5. The lowest BCUT2D eigenvalue weighted by molar-refractivity contribution is -0.0605. The number of benzene rings is 1. The summed E-state index contributed by atoms with van der Waals surface area (Å²) in [5.41, 5.74) is 1.47. The van der Waals surface area contributed by atoms with Gasteiger partial charge in [-0.05, 0) is 18.6 Å². The Labute approximate surface area is 145 Å². The molecule has 2 aromatic rings. The molecule has 3 heterocycles. The maximum atomic E-state index is 13.0. The van der Waals surface area contributed by atoms with Crippen molar-refractivity contribution >= 4 is 5.91 Å². The van der Waals surface area contributed by atoms with E-state index in [2.05, 4.69) is 10.3 Å². The highest BCUT2D eigenvalue weighted by Gasteiger charge is 2.38. The van der Waals surface area contributed by atoms with Gasteiger partial charge in [0.25, 0.3) is 5.91 Å². The fraction of sp³-hybridized carbons (Fsp3) is 0.471. The monoisotopic (exact) mass is 344 g/mol. The van der Waals surface area contributed by atoms with Crippen LogP contribution >= 0.6 is 0 Å². The maximum absolute atomic E-state index is 13.0. The lowest BCUT2D eigenvalue weighted by Crippen LogP contribution is -2.49. The molecule has 0 radical (unpaired) electrons. The largest absolute Gasteiger partial charge is 0.497 e. The summed E-state index contributed by atoms with van der Waals surface area (Å²) in [7, 11) is 3.13. The molecule has 0 bridgehead atoms. The molecule has 2 atom stereocenters. The standard InChI is InChI=1S/C17H20N4O4/c1-23-12-3-4-13(16(7-12)24-2)17(22)20-6-5-15-14(9-20)21-11(10-25-15)8-18-19-21/h3-4,7-8,14-15H,5-6,9-10H2,1-2H3/t14-,15+/m1/s1. The van der Waals surface area contributed by atoms with Crippen molar-refractivity contribution in [3.63, 3.8) is 0 Å². The van der Waals surface area contributed by atoms with Crippen LogP contribution in [-0.4, -0.2) is 59.2 Å². The average molecular weight is 344 g/mol. The number of nitrogens with zero attached hydrogens (tertiary/aromatic N) is 4. The number of hydrogen-bond acceptors (Lipinski definition) is 6. The van der Waals surface area contributed by atoms with E-state index in [0.717, 1.165) is 12.1 Å². The van der Waals surface area contributed by atoms with Crippen molar-refractivity contribution in [2.75, 3.05) is 27.3 Å². The topological polar surface area (TPSA) is 78.7 Å². The highest BCUT2D eigenvalue weighted by Crippen LogP contribution is 2.32. The molecule has 1 saturated heterocycles. The maximum Gasteiger partial charge on any atom is 0.257 e. The Balaban J connectivity index is 1.58. The number of ether oxygens (including phenoxy) is 3. The lowest BCUT2D eigenvalue weighted by atomic mass is 9.99. The molecule has 1 fully saturated rings. The highest BCUT2D eigenvalue weighted by molar-refractivity contribution is 5.97. The Morgan fingerprint density at radius 1 is 1.32 bits per heavy atom. The number of aromatic nitrogens is 3. The summed E-state index contributed by atoms with van der Waals surface area (Å²) >= 11 is 0. The molecule has 0 spiro atoms. The molecule has 8 nitrogen and oxygen atoms in total. The summed E-state index contributed by atoms with van der Waals surface area (Å²) in [5, 5.41) is 8.14. The molecule has 1 aromatic carbocycles. The van der Waals surface area contributed by atoms with Gasteiger partial charge < -0.3 is 19.1 Å². The molecular formula is C17H20N4O4. The molecule has 2 aliphatic heterocycles. The first kappa shape index (κ1) is 15.9. The van der Waals surface area contributed by atoms with Gasteiger partial charge in [0.05, 0.1) is 50.4 Å². The van der Waals surface area contributed by atoms with Gasteiger partial charge in [0.2, 0.25) is 0 Å². The third-order valence-electron chi connectivity index (χ3n) is 4.85. The Hall–Kier alpha value is -2.61. The van der Waals surface area contributed by atoms with Gasteiger partial charge in [0.15, 0.2) is 0 Å². The van der Waals surface area contributed by atoms with E-state index in [9.17, 15) is 4.79 Å². The second-order valence-corrected chi connectivity index (χ2v) is 6.19. The van der Waals surface area contributed by atoms with Gasteiger partial charge in [-0.1, -0.05) is 5.21 Å². The number of methoxy groups -OCH3 is 2. The van der Waals surface area contributed by atoms with Gasteiger partial charge >= 0.3 is 0 Å². The molecule has 0 N–H and O–H groups in total. The first-order chi connectivity index (χ1) is 12.2. The Kier molecular flexibility index (Phi) is 4.04. The van der Waals surface area contributed by atoms with Gasteiger partial charge in [-0.15, -0.1) is 5.10 Å². The van der Waals surface area contributed by atoms with E-state index in [4.69, 9.17) is 14.2 Å². The van der Waals surface area contributed by atoms with Crippen molar-refractivity contribution in [1.82, 2.24) is 19.9 Å². The minimum Gasteiger partial charge on any atom is -0.497 e. The number of likely N-dealkylation sites (tertiary alicyclic amines) is 1. The zero-order chi connectivity index (χ0) is 17.4. The van der Waals surface area contributed by atoms with Crippen molar-refractivity contribution in [2.45, 2.75) is 25.2 Å². The van der Waals surface area contributed by atoms with Crippen LogP contribution in [0.4, 0.5) is 0 Å². The van der Waals surface area contributed by atoms with Crippen LogP contribution in [0.5, 0.6) is 11.5 Å². The fourth-order valence-electron chi connectivity index (χ4n) is 3.51. The summed E-state index contributed by atoms with van der Waals surface area (Å²) in [6.45, 7) is 1.70. The normalized spacial score (nSPS) is 22.1. The van der Waals surface area contributed by atoms with Crippen LogP contribution in [0.2, 0.25) is 0 Å². The van der Waals surface area contributed by atoms with E-state index in [1.165, 1.54) is 0 Å². The van der Waals surface area contributed by atoms with Gasteiger partial charge in [-0.2, -0.15) is 0 Å². The van der Waals surface area contributed by atoms with E-state index >= 15 is 0 Å². The average Bonchev–Trinajstić information content (AvgIpc) is 3.15. The molecule has 0 unspecified atom stereocenters. The molecule has 1 aromatic heterocycles. The number of rotatable bonds is 3. The van der Waals surface area contributed by atoms with Crippen LogP contribution in [0.3, 0.4) is 0 Å². The minimum atomic E-state index is -0.0646. The number of carbonyl (C=O) groups is 1. The quantitative estimate of drug-likeness (QED) is 0.835. The first-order valence-corrected chi connectivity index (χ1v) is 8.23. The number of amides is 1. The zero-order valence-electron chi connectivity index (χ0n) is 14.2. The van der Waals surface area contributed by atoms with Crippen molar-refractivity contribution in [3.05, 3.63) is 35.7 Å². The smallest absolute Gasteiger partial charge is 0.257 e. The van der Waals surface area contributed by atoms with Gasteiger partial charge in [-0.3, -0.25) is 4.79 Å². The second-order valence-electron chi connectivity index (χ2n) is 6.19. The summed E-state index contributed by atoms with van der Waals surface area (Å²) < 4.78 is 18.4. The van der Waals surface area contributed by atoms with Crippen molar-refractivity contribution in [3.8, 4) is 11.5 Å². The molecule has 8 heteroatoms. The minimum absolute atomic E-state index is 0.00630. The van der Waals surface area contributed by atoms with Gasteiger partial charge in [-0.25, -0.2) is 4.68 Å². The number of piperidine rings is 1. The van der Waals surface area contributed by atoms with Crippen LogP contribution in [0.15, 0.2) is 24.4 Å². The molecule has 132 valence electrons. The summed E-state index contributed by atoms with van der Waals surface area (Å²) in [6.07, 6.45) is 2.55. The van der Waals surface area contributed by atoms with E-state index in [0.29, 0.717) is 36.8 Å². The molecule has 2 aliphatic rings. The summed E-state index contributed by atoms with van der Waals surface area (Å²) in [5.74, 6) is 1.10. The van der Waals surface area contributed by atoms with E-state index < -0.39 is 0 Å². The molecule has 0 aliphatic carbocycles. The lowest BCUT2D eigenvalue weighted by Gasteiger charge is -2.41. The molecule has 4 rings (SSSR count). The number of carbonyl (C=O) groups excluding carboxylic acids is 1. The van der Waals surface area contributed by atoms with Gasteiger partial charge in [0.1, 0.15) is 11.5 Å². The summed E-state index contributed by atoms with van der Waals surface area (Å²) in [4.78, 5) is 14.8. The van der Waals surface area contributed by atoms with Crippen LogP contribution in [0.25, 0.3) is 0 Å².